The van der Waals surface area contributed by atoms with E-state index in [2.05, 4.69) is 12.2 Å². The maximum atomic E-state index is 11.5. The molecule has 2 aliphatic carbocycles. The van der Waals surface area contributed by atoms with Crippen molar-refractivity contribution in [2.24, 2.45) is 16.7 Å². The largest absolute Gasteiger partial charge is 0.270 e. The fourth-order valence-electron chi connectivity index (χ4n) is 4.18. The van der Waals surface area contributed by atoms with Gasteiger partial charge >= 0.3 is 0 Å². The van der Waals surface area contributed by atoms with Crippen molar-refractivity contribution in [2.45, 2.75) is 39.0 Å². The van der Waals surface area contributed by atoms with E-state index in [1.165, 1.54) is 0 Å². The van der Waals surface area contributed by atoms with E-state index in [9.17, 15) is 16.8 Å². The van der Waals surface area contributed by atoms with Crippen LogP contribution in [0.1, 0.15) is 39.0 Å². The van der Waals surface area contributed by atoms with Crippen molar-refractivity contribution in [3.63, 3.8) is 0 Å². The Labute approximate surface area is 139 Å². The quantitative estimate of drug-likeness (QED) is 0.528. The Morgan fingerprint density at radius 1 is 1.00 bits per heavy atom. The van der Waals surface area contributed by atoms with E-state index in [0.717, 1.165) is 38.2 Å². The van der Waals surface area contributed by atoms with Gasteiger partial charge in [0.25, 0.3) is 20.2 Å². The summed E-state index contributed by atoms with van der Waals surface area (Å²) in [5.41, 5.74) is -0.832. The van der Waals surface area contributed by atoms with E-state index in [1.54, 1.807) is 0 Å². The fourth-order valence-corrected chi connectivity index (χ4v) is 5.04. The lowest BCUT2D eigenvalue weighted by atomic mass is 9.49. The first-order valence-corrected chi connectivity index (χ1v) is 11.5. The van der Waals surface area contributed by atoms with Crippen molar-refractivity contribution in [1.82, 2.24) is 0 Å². The van der Waals surface area contributed by atoms with Crippen LogP contribution in [0.25, 0.3) is 0 Å². The molecule has 0 aromatic carbocycles. The molecule has 1 saturated carbocycles. The van der Waals surface area contributed by atoms with Gasteiger partial charge in [-0.25, -0.2) is 0 Å². The second-order valence-corrected chi connectivity index (χ2v) is 10.3. The highest BCUT2D eigenvalue weighted by molar-refractivity contribution is 7.86. The van der Waals surface area contributed by atoms with Gasteiger partial charge in [-0.05, 0) is 25.2 Å². The van der Waals surface area contributed by atoms with E-state index in [0.29, 0.717) is 6.42 Å². The standard InChI is InChI=1S/C15H26O6S2/c1-13-7-6-9-14(11-20-22(2,16)17)8-4-5-10-15(13,14)12-21-23(3,18)19/h6-7,13H,4-5,8-12H2,1-3H3/t13?,14-,15-/m0/s1. The van der Waals surface area contributed by atoms with Crippen molar-refractivity contribution in [3.05, 3.63) is 12.2 Å². The molecule has 8 heteroatoms. The van der Waals surface area contributed by atoms with Crippen LogP contribution in [0.15, 0.2) is 12.2 Å². The lowest BCUT2D eigenvalue weighted by molar-refractivity contribution is -0.101. The van der Waals surface area contributed by atoms with Crippen molar-refractivity contribution < 1.29 is 25.2 Å². The van der Waals surface area contributed by atoms with Crippen LogP contribution in [0.5, 0.6) is 0 Å². The predicted molar refractivity (Wildman–Crippen MR) is 87.8 cm³/mol. The van der Waals surface area contributed by atoms with E-state index in [-0.39, 0.29) is 19.1 Å². The number of rotatable bonds is 6. The number of hydrogen-bond donors (Lipinski definition) is 0. The van der Waals surface area contributed by atoms with Gasteiger partial charge in [-0.2, -0.15) is 16.8 Å². The topological polar surface area (TPSA) is 86.7 Å². The van der Waals surface area contributed by atoms with Gasteiger partial charge in [-0.15, -0.1) is 0 Å². The van der Waals surface area contributed by atoms with Crippen LogP contribution in [-0.4, -0.2) is 42.6 Å². The van der Waals surface area contributed by atoms with Gasteiger partial charge in [-0.1, -0.05) is 31.9 Å². The highest BCUT2D eigenvalue weighted by atomic mass is 32.2. The third-order valence-electron chi connectivity index (χ3n) is 5.47. The minimum Gasteiger partial charge on any atom is -0.270 e. The van der Waals surface area contributed by atoms with Gasteiger partial charge in [0, 0.05) is 10.8 Å². The Balaban J connectivity index is 2.38. The smallest absolute Gasteiger partial charge is 0.264 e. The Bertz CT molecular complexity index is 666. The molecule has 0 aromatic rings. The third-order valence-corrected chi connectivity index (χ3v) is 6.56. The molecule has 3 atom stereocenters. The van der Waals surface area contributed by atoms with Crippen LogP contribution in [0, 0.1) is 16.7 Å². The summed E-state index contributed by atoms with van der Waals surface area (Å²) in [6.07, 6.45) is 10.5. The molecule has 0 saturated heterocycles. The van der Waals surface area contributed by atoms with Gasteiger partial charge in [0.2, 0.25) is 0 Å². The van der Waals surface area contributed by atoms with Crippen molar-refractivity contribution >= 4 is 20.2 Å². The second-order valence-electron chi connectivity index (χ2n) is 7.00. The lowest BCUT2D eigenvalue weighted by Gasteiger charge is -2.57. The summed E-state index contributed by atoms with van der Waals surface area (Å²) < 4.78 is 56.3. The SMILES string of the molecule is CC1C=CC[C@]2(COS(C)(=O)=O)CCCC[C@]12COS(C)(=O)=O. The predicted octanol–water partition coefficient (Wildman–Crippen LogP) is 2.08. The fraction of sp³-hybridized carbons (Fsp3) is 0.867. The molecule has 2 rings (SSSR count). The Kier molecular flexibility index (Phi) is 5.31. The molecule has 0 aliphatic heterocycles. The average molecular weight is 367 g/mol. The third kappa shape index (κ3) is 4.15. The monoisotopic (exact) mass is 366 g/mol. The van der Waals surface area contributed by atoms with Crippen LogP contribution in [0.3, 0.4) is 0 Å². The summed E-state index contributed by atoms with van der Waals surface area (Å²) in [5.74, 6) is 0.0986. The first-order valence-electron chi connectivity index (χ1n) is 7.85. The molecule has 2 aliphatic rings. The Hall–Kier alpha value is -0.440. The molecule has 1 fully saturated rings. The number of fused-ring (bicyclic) bond motifs is 1. The first-order chi connectivity index (χ1) is 10.5. The summed E-state index contributed by atoms with van der Waals surface area (Å²) in [6.45, 7) is 2.19. The molecule has 0 N–H and O–H groups in total. The first kappa shape index (κ1) is 18.9. The molecule has 1 unspecified atom stereocenters. The average Bonchev–Trinajstić information content (AvgIpc) is 2.42. The molecule has 6 nitrogen and oxygen atoms in total. The molecule has 0 spiro atoms. The zero-order valence-corrected chi connectivity index (χ0v) is 15.6. The van der Waals surface area contributed by atoms with Crippen LogP contribution < -0.4 is 0 Å². The van der Waals surface area contributed by atoms with Crippen LogP contribution in [-0.2, 0) is 28.6 Å². The highest BCUT2D eigenvalue weighted by Gasteiger charge is 2.56. The molecule has 0 radical (unpaired) electrons. The zero-order valence-electron chi connectivity index (χ0n) is 13.9. The van der Waals surface area contributed by atoms with E-state index in [1.807, 2.05) is 6.92 Å². The van der Waals surface area contributed by atoms with Gasteiger partial charge in [0.1, 0.15) is 0 Å². The lowest BCUT2D eigenvalue weighted by Crippen LogP contribution is -2.55. The number of allylic oxidation sites excluding steroid dienone is 2. The molecule has 0 heterocycles. The molecule has 0 bridgehead atoms. The highest BCUT2D eigenvalue weighted by Crippen LogP contribution is 2.60. The molecule has 0 aromatic heterocycles. The van der Waals surface area contributed by atoms with Gasteiger partial charge in [0.05, 0.1) is 25.7 Å². The second kappa shape index (κ2) is 6.46. The van der Waals surface area contributed by atoms with Crippen molar-refractivity contribution in [1.29, 1.82) is 0 Å². The Morgan fingerprint density at radius 3 is 2.17 bits per heavy atom. The van der Waals surface area contributed by atoms with E-state index in [4.69, 9.17) is 8.37 Å². The van der Waals surface area contributed by atoms with Gasteiger partial charge < -0.3 is 0 Å². The summed E-state index contributed by atoms with van der Waals surface area (Å²) in [4.78, 5) is 0. The van der Waals surface area contributed by atoms with Crippen LogP contribution in [0.2, 0.25) is 0 Å². The Morgan fingerprint density at radius 2 is 1.57 bits per heavy atom. The van der Waals surface area contributed by atoms with Crippen LogP contribution in [0.4, 0.5) is 0 Å². The summed E-state index contributed by atoms with van der Waals surface area (Å²) in [7, 11) is -7.11. The maximum absolute atomic E-state index is 11.5. The van der Waals surface area contributed by atoms with E-state index >= 15 is 0 Å². The van der Waals surface area contributed by atoms with Gasteiger partial charge in [0.15, 0.2) is 0 Å². The summed E-state index contributed by atoms with van der Waals surface area (Å²) >= 11 is 0. The molecule has 134 valence electrons. The van der Waals surface area contributed by atoms with Crippen molar-refractivity contribution in [2.75, 3.05) is 25.7 Å². The molecule has 23 heavy (non-hydrogen) atoms. The zero-order chi connectivity index (χ0) is 17.4. The number of hydrogen-bond acceptors (Lipinski definition) is 6. The maximum Gasteiger partial charge on any atom is 0.264 e. The van der Waals surface area contributed by atoms with Crippen LogP contribution >= 0.6 is 0 Å². The summed E-state index contributed by atoms with van der Waals surface area (Å²) in [6, 6.07) is 0. The summed E-state index contributed by atoms with van der Waals surface area (Å²) in [5, 5.41) is 0. The van der Waals surface area contributed by atoms with E-state index < -0.39 is 31.1 Å². The minimum absolute atomic E-state index is 0.0739. The normalized spacial score (nSPS) is 35.0. The molecule has 0 amide bonds. The van der Waals surface area contributed by atoms with Crippen molar-refractivity contribution in [3.8, 4) is 0 Å². The minimum atomic E-state index is -3.56. The molecular formula is C15H26O6S2. The van der Waals surface area contributed by atoms with Gasteiger partial charge in [-0.3, -0.25) is 8.37 Å². The molecular weight excluding hydrogens is 340 g/mol.